The maximum absolute atomic E-state index is 13.8. The molecule has 0 atom stereocenters. The zero-order valence-corrected chi connectivity index (χ0v) is 14.0. The zero-order valence-electron chi connectivity index (χ0n) is 10.3. The summed E-state index contributed by atoms with van der Waals surface area (Å²) in [6.07, 6.45) is 0. The first-order valence-electron chi connectivity index (χ1n) is 5.58. The Balaban J connectivity index is 2.24. The van der Waals surface area contributed by atoms with Gasteiger partial charge in [-0.15, -0.1) is 0 Å². The van der Waals surface area contributed by atoms with Crippen LogP contribution in [0.2, 0.25) is 0 Å². The maximum Gasteiger partial charge on any atom is 0.261 e. The molecule has 0 bridgehead atoms. The number of hydrogen-bond acceptors (Lipinski definition) is 3. The molecule has 110 valence electrons. The van der Waals surface area contributed by atoms with E-state index in [4.69, 9.17) is 10.7 Å². The molecule has 2 aromatic carbocycles. The first kappa shape index (κ1) is 16.2. The summed E-state index contributed by atoms with van der Waals surface area (Å²) < 4.78 is 36.9. The van der Waals surface area contributed by atoms with Crippen LogP contribution in [0.1, 0.15) is 10.4 Å². The molecule has 4 nitrogen and oxygen atoms in total. The second-order valence-corrected chi connectivity index (χ2v) is 7.85. The third kappa shape index (κ3) is 4.14. The number of carbonyl (C=O) groups excluding carboxylic acids is 1. The Morgan fingerprint density at radius 1 is 1.14 bits per heavy atom. The lowest BCUT2D eigenvalue weighted by atomic mass is 10.2. The van der Waals surface area contributed by atoms with Gasteiger partial charge in [-0.05, 0) is 65.1 Å². The van der Waals surface area contributed by atoms with Gasteiger partial charge in [0, 0.05) is 19.8 Å². The van der Waals surface area contributed by atoms with Gasteiger partial charge in [0.25, 0.3) is 15.0 Å². The first-order valence-corrected chi connectivity index (χ1v) is 8.97. The molecule has 1 N–H and O–H groups in total. The van der Waals surface area contributed by atoms with E-state index in [9.17, 15) is 17.6 Å². The molecule has 0 heterocycles. The highest BCUT2D eigenvalue weighted by atomic mass is 127. The Morgan fingerprint density at radius 3 is 2.29 bits per heavy atom. The monoisotopic (exact) mass is 439 g/mol. The fraction of sp³-hybridized carbons (Fsp3) is 0. The third-order valence-electron chi connectivity index (χ3n) is 2.58. The van der Waals surface area contributed by atoms with Crippen LogP contribution in [0.3, 0.4) is 0 Å². The van der Waals surface area contributed by atoms with Crippen LogP contribution in [-0.4, -0.2) is 14.3 Å². The molecule has 8 heteroatoms. The van der Waals surface area contributed by atoms with Gasteiger partial charge in [-0.3, -0.25) is 4.79 Å². The molecule has 2 rings (SSSR count). The van der Waals surface area contributed by atoms with E-state index < -0.39 is 20.8 Å². The van der Waals surface area contributed by atoms with Crippen molar-refractivity contribution >= 4 is 53.9 Å². The largest absolute Gasteiger partial charge is 0.319 e. The molecular formula is C13H8ClFINO3S. The normalized spacial score (nSPS) is 11.2. The van der Waals surface area contributed by atoms with Gasteiger partial charge in [0.2, 0.25) is 0 Å². The summed E-state index contributed by atoms with van der Waals surface area (Å²) in [4.78, 5) is 11.6. The van der Waals surface area contributed by atoms with Gasteiger partial charge < -0.3 is 5.32 Å². The number of amides is 1. The van der Waals surface area contributed by atoms with Crippen LogP contribution in [-0.2, 0) is 9.05 Å². The average molecular weight is 440 g/mol. The number of halogens is 3. The van der Waals surface area contributed by atoms with E-state index in [-0.39, 0.29) is 10.6 Å². The second-order valence-electron chi connectivity index (χ2n) is 4.04. The summed E-state index contributed by atoms with van der Waals surface area (Å²) in [7, 11) is 1.11. The molecule has 0 spiro atoms. The molecule has 21 heavy (non-hydrogen) atoms. The molecule has 0 unspecified atom stereocenters. The number of carbonyl (C=O) groups is 1. The molecule has 0 saturated heterocycles. The molecule has 0 saturated carbocycles. The number of hydrogen-bond donors (Lipinski definition) is 1. The van der Waals surface area contributed by atoms with Gasteiger partial charge in [0.15, 0.2) is 0 Å². The summed E-state index contributed by atoms with van der Waals surface area (Å²) in [5, 5.41) is 2.37. The number of anilines is 1. The second kappa shape index (κ2) is 6.29. The van der Waals surface area contributed by atoms with Gasteiger partial charge in [-0.2, -0.15) is 0 Å². The lowest BCUT2D eigenvalue weighted by Crippen LogP contribution is -2.13. The zero-order chi connectivity index (χ0) is 15.6. The summed E-state index contributed by atoms with van der Waals surface area (Å²) in [6.45, 7) is 0. The van der Waals surface area contributed by atoms with Gasteiger partial charge in [0.05, 0.1) is 10.6 Å². The van der Waals surface area contributed by atoms with E-state index in [1.807, 2.05) is 0 Å². The van der Waals surface area contributed by atoms with Crippen LogP contribution in [0.15, 0.2) is 47.4 Å². The van der Waals surface area contributed by atoms with Gasteiger partial charge in [0.1, 0.15) is 5.82 Å². The molecule has 2 aromatic rings. The molecule has 0 aliphatic heterocycles. The smallest absolute Gasteiger partial charge is 0.261 e. The van der Waals surface area contributed by atoms with Crippen LogP contribution in [0.5, 0.6) is 0 Å². The highest BCUT2D eigenvalue weighted by molar-refractivity contribution is 14.1. The summed E-state index contributed by atoms with van der Waals surface area (Å²) in [5.74, 6) is -1.37. The van der Waals surface area contributed by atoms with Crippen LogP contribution < -0.4 is 5.32 Å². The quantitative estimate of drug-likeness (QED) is 0.587. The predicted molar refractivity (Wildman–Crippen MR) is 86.6 cm³/mol. The SMILES string of the molecule is O=C(Nc1ccc(S(=O)(=O)Cl)cc1F)c1ccc(I)cc1. The van der Waals surface area contributed by atoms with E-state index >= 15 is 0 Å². The minimum absolute atomic E-state index is 0.123. The standard InChI is InChI=1S/C13H8ClFINO3S/c14-21(19,20)10-5-6-12(11(15)7-10)17-13(18)8-1-3-9(16)4-2-8/h1-7H,(H,17,18). The number of nitrogens with one attached hydrogen (secondary N) is 1. The molecular weight excluding hydrogens is 432 g/mol. The van der Waals surface area contributed by atoms with Crippen molar-refractivity contribution in [3.05, 3.63) is 57.4 Å². The highest BCUT2D eigenvalue weighted by Gasteiger charge is 2.15. The highest BCUT2D eigenvalue weighted by Crippen LogP contribution is 2.22. The molecule has 0 aromatic heterocycles. The van der Waals surface area contributed by atoms with E-state index in [1.54, 1.807) is 24.3 Å². The van der Waals surface area contributed by atoms with Crippen LogP contribution in [0.25, 0.3) is 0 Å². The van der Waals surface area contributed by atoms with E-state index in [2.05, 4.69) is 27.9 Å². The Kier molecular flexibility index (Phi) is 4.84. The van der Waals surface area contributed by atoms with E-state index in [0.717, 1.165) is 21.8 Å². The van der Waals surface area contributed by atoms with Crippen molar-refractivity contribution in [1.82, 2.24) is 0 Å². The Hall–Kier alpha value is -1.19. The minimum Gasteiger partial charge on any atom is -0.319 e. The van der Waals surface area contributed by atoms with Crippen molar-refractivity contribution in [2.75, 3.05) is 5.32 Å². The van der Waals surface area contributed by atoms with Gasteiger partial charge in [-0.25, -0.2) is 12.8 Å². The van der Waals surface area contributed by atoms with Crippen LogP contribution >= 0.6 is 33.3 Å². The predicted octanol–water partition coefficient (Wildman–Crippen LogP) is 3.61. The van der Waals surface area contributed by atoms with Gasteiger partial charge >= 0.3 is 0 Å². The van der Waals surface area contributed by atoms with Crippen molar-refractivity contribution in [3.63, 3.8) is 0 Å². The average Bonchev–Trinajstić information content (AvgIpc) is 2.40. The van der Waals surface area contributed by atoms with Crippen LogP contribution in [0.4, 0.5) is 10.1 Å². The number of rotatable bonds is 3. The Bertz CT molecular complexity index is 794. The third-order valence-corrected chi connectivity index (χ3v) is 4.65. The van der Waals surface area contributed by atoms with E-state index in [1.165, 1.54) is 0 Å². The van der Waals surface area contributed by atoms with Crippen molar-refractivity contribution in [2.45, 2.75) is 4.90 Å². The topological polar surface area (TPSA) is 63.2 Å². The lowest BCUT2D eigenvalue weighted by Gasteiger charge is -2.07. The number of benzene rings is 2. The van der Waals surface area contributed by atoms with Gasteiger partial charge in [-0.1, -0.05) is 0 Å². The minimum atomic E-state index is -4.01. The summed E-state index contributed by atoms with van der Waals surface area (Å²) >= 11 is 2.10. The lowest BCUT2D eigenvalue weighted by molar-refractivity contribution is 0.102. The molecule has 0 fully saturated rings. The Labute approximate surface area is 138 Å². The van der Waals surface area contributed by atoms with Crippen LogP contribution in [0, 0.1) is 9.39 Å². The fourth-order valence-corrected chi connectivity index (χ4v) is 2.67. The molecule has 0 radical (unpaired) electrons. The summed E-state index contributed by atoms with van der Waals surface area (Å²) in [6, 6.07) is 9.72. The van der Waals surface area contributed by atoms with Crippen molar-refractivity contribution < 1.29 is 17.6 Å². The maximum atomic E-state index is 13.8. The molecule has 0 aliphatic carbocycles. The summed E-state index contributed by atoms with van der Waals surface area (Å²) in [5.41, 5.74) is 0.242. The first-order chi connectivity index (χ1) is 9.77. The van der Waals surface area contributed by atoms with Crippen molar-refractivity contribution in [1.29, 1.82) is 0 Å². The molecule has 0 aliphatic rings. The van der Waals surface area contributed by atoms with Crippen molar-refractivity contribution in [2.24, 2.45) is 0 Å². The van der Waals surface area contributed by atoms with E-state index in [0.29, 0.717) is 5.56 Å². The Morgan fingerprint density at radius 2 is 1.76 bits per heavy atom. The fourth-order valence-electron chi connectivity index (χ4n) is 1.54. The van der Waals surface area contributed by atoms with Crippen molar-refractivity contribution in [3.8, 4) is 0 Å². The molecule has 1 amide bonds.